The van der Waals surface area contributed by atoms with Gasteiger partial charge in [0.2, 0.25) is 6.23 Å². The van der Waals surface area contributed by atoms with Crippen molar-refractivity contribution >= 4 is 11.0 Å². The smallest absolute Gasteiger partial charge is 0.215 e. The number of rotatable bonds is 2. The zero-order chi connectivity index (χ0) is 13.8. The normalized spacial score (nSPS) is 11.8. The summed E-state index contributed by atoms with van der Waals surface area (Å²) in [6.07, 6.45) is -0.456. The summed E-state index contributed by atoms with van der Waals surface area (Å²) in [6, 6.07) is 17.5. The molecule has 0 saturated heterocycles. The van der Waals surface area contributed by atoms with Gasteiger partial charge in [0.25, 0.3) is 0 Å². The molecule has 3 rings (SSSR count). The molecule has 0 amide bonds. The zero-order valence-electron chi connectivity index (χ0n) is 11.0. The van der Waals surface area contributed by atoms with Crippen LogP contribution in [0.3, 0.4) is 0 Å². The Bertz CT molecular complexity index is 768. The van der Waals surface area contributed by atoms with Crippen molar-refractivity contribution in [2.24, 2.45) is 0 Å². The van der Waals surface area contributed by atoms with Crippen molar-refractivity contribution in [3.05, 3.63) is 60.2 Å². The van der Waals surface area contributed by atoms with Crippen LogP contribution in [0, 0.1) is 11.8 Å². The first kappa shape index (κ1) is 12.4. The Morgan fingerprint density at radius 2 is 1.80 bits per heavy atom. The third kappa shape index (κ3) is 2.40. The van der Waals surface area contributed by atoms with Gasteiger partial charge in [0.05, 0.1) is 5.52 Å². The van der Waals surface area contributed by atoms with Crippen LogP contribution in [0.5, 0.6) is 0 Å². The van der Waals surface area contributed by atoms with Crippen LogP contribution >= 0.6 is 0 Å². The molecule has 0 aliphatic heterocycles. The zero-order valence-corrected chi connectivity index (χ0v) is 11.0. The van der Waals surface area contributed by atoms with E-state index in [0.717, 1.165) is 16.6 Å². The van der Waals surface area contributed by atoms with Gasteiger partial charge in [0.15, 0.2) is 0 Å². The van der Waals surface area contributed by atoms with Crippen LogP contribution in [0.2, 0.25) is 0 Å². The van der Waals surface area contributed by atoms with Gasteiger partial charge in [0, 0.05) is 12.7 Å². The summed E-state index contributed by atoms with van der Waals surface area (Å²) in [5.41, 5.74) is 2.68. The molecule has 1 atom stereocenters. The fourth-order valence-corrected chi connectivity index (χ4v) is 1.95. The van der Waals surface area contributed by atoms with E-state index in [-0.39, 0.29) is 0 Å². The number of fused-ring (bicyclic) bond motifs is 1. The number of hydrogen-bond donors (Lipinski definition) is 0. The highest BCUT2D eigenvalue weighted by atomic mass is 16.5. The first-order valence-corrected chi connectivity index (χ1v) is 6.28. The lowest BCUT2D eigenvalue weighted by molar-refractivity contribution is 0.0848. The van der Waals surface area contributed by atoms with Gasteiger partial charge in [-0.05, 0) is 30.2 Å². The lowest BCUT2D eigenvalue weighted by atomic mass is 10.2. The third-order valence-corrected chi connectivity index (χ3v) is 2.94. The molecule has 4 nitrogen and oxygen atoms in total. The van der Waals surface area contributed by atoms with Crippen molar-refractivity contribution in [3.8, 4) is 11.8 Å². The van der Waals surface area contributed by atoms with Crippen molar-refractivity contribution in [2.75, 3.05) is 7.11 Å². The van der Waals surface area contributed by atoms with E-state index in [1.54, 1.807) is 11.8 Å². The fraction of sp³-hybridized carbons (Fsp3) is 0.125. The van der Waals surface area contributed by atoms with Crippen LogP contribution in [-0.2, 0) is 4.74 Å². The van der Waals surface area contributed by atoms with Crippen molar-refractivity contribution in [2.45, 2.75) is 6.23 Å². The Hall–Kier alpha value is -2.64. The lowest BCUT2D eigenvalue weighted by Gasteiger charge is -2.08. The van der Waals surface area contributed by atoms with Crippen LogP contribution in [0.1, 0.15) is 11.8 Å². The Kier molecular flexibility index (Phi) is 3.44. The maximum Gasteiger partial charge on any atom is 0.215 e. The number of aromatic nitrogens is 3. The monoisotopic (exact) mass is 263 g/mol. The van der Waals surface area contributed by atoms with Crippen LogP contribution < -0.4 is 0 Å². The van der Waals surface area contributed by atoms with Crippen LogP contribution in [0.25, 0.3) is 11.0 Å². The summed E-state index contributed by atoms with van der Waals surface area (Å²) in [7, 11) is 1.61. The Morgan fingerprint density at radius 1 is 1.05 bits per heavy atom. The molecule has 0 radical (unpaired) electrons. The SMILES string of the molecule is COC(C#Cc1ccccc1)n1nnc2ccccc21. The van der Waals surface area contributed by atoms with Crippen molar-refractivity contribution in [1.29, 1.82) is 0 Å². The molecular formula is C16H13N3O. The Balaban J connectivity index is 1.97. The molecule has 0 aliphatic rings. The molecule has 0 N–H and O–H groups in total. The summed E-state index contributed by atoms with van der Waals surface area (Å²) in [5, 5.41) is 8.23. The Labute approximate surface area is 117 Å². The number of hydrogen-bond acceptors (Lipinski definition) is 3. The fourth-order valence-electron chi connectivity index (χ4n) is 1.95. The van der Waals surface area contributed by atoms with Crippen molar-refractivity contribution < 1.29 is 4.74 Å². The molecule has 2 aromatic carbocycles. The van der Waals surface area contributed by atoms with Gasteiger partial charge in [-0.1, -0.05) is 41.5 Å². The first-order chi connectivity index (χ1) is 9.88. The van der Waals surface area contributed by atoms with E-state index in [2.05, 4.69) is 22.2 Å². The molecule has 1 unspecified atom stereocenters. The second kappa shape index (κ2) is 5.55. The number of ether oxygens (including phenoxy) is 1. The van der Waals surface area contributed by atoms with Gasteiger partial charge in [-0.15, -0.1) is 5.10 Å². The molecule has 3 aromatic rings. The summed E-state index contributed by atoms with van der Waals surface area (Å²) < 4.78 is 7.10. The average molecular weight is 263 g/mol. The van der Waals surface area contributed by atoms with Gasteiger partial charge in [-0.25, -0.2) is 4.68 Å². The predicted molar refractivity (Wildman–Crippen MR) is 76.9 cm³/mol. The van der Waals surface area contributed by atoms with Gasteiger partial charge in [-0.3, -0.25) is 0 Å². The van der Waals surface area contributed by atoms with Crippen LogP contribution in [0.15, 0.2) is 54.6 Å². The highest BCUT2D eigenvalue weighted by Crippen LogP contribution is 2.15. The first-order valence-electron chi connectivity index (χ1n) is 6.28. The minimum absolute atomic E-state index is 0.456. The van der Waals surface area contributed by atoms with Crippen LogP contribution in [0.4, 0.5) is 0 Å². The van der Waals surface area contributed by atoms with E-state index < -0.39 is 6.23 Å². The summed E-state index contributed by atoms with van der Waals surface area (Å²) in [6.45, 7) is 0. The van der Waals surface area contributed by atoms with E-state index in [9.17, 15) is 0 Å². The maximum atomic E-state index is 5.41. The second-order valence-electron chi connectivity index (χ2n) is 4.25. The third-order valence-electron chi connectivity index (χ3n) is 2.94. The second-order valence-corrected chi connectivity index (χ2v) is 4.25. The van der Waals surface area contributed by atoms with Crippen LogP contribution in [-0.4, -0.2) is 22.1 Å². The average Bonchev–Trinajstić information content (AvgIpc) is 2.93. The summed E-state index contributed by atoms with van der Waals surface area (Å²) in [4.78, 5) is 0. The molecule has 0 spiro atoms. The largest absolute Gasteiger partial charge is 0.349 e. The molecule has 1 aromatic heterocycles. The van der Waals surface area contributed by atoms with Crippen molar-refractivity contribution in [1.82, 2.24) is 15.0 Å². The molecule has 0 fully saturated rings. The molecule has 0 saturated carbocycles. The number of methoxy groups -OCH3 is 1. The van der Waals surface area contributed by atoms with Gasteiger partial charge in [-0.2, -0.15) is 0 Å². The number of nitrogens with zero attached hydrogens (tertiary/aromatic N) is 3. The number of para-hydroxylation sites is 1. The minimum atomic E-state index is -0.456. The molecule has 20 heavy (non-hydrogen) atoms. The van der Waals surface area contributed by atoms with E-state index in [0.29, 0.717) is 0 Å². The van der Waals surface area contributed by atoms with Gasteiger partial charge < -0.3 is 4.74 Å². The highest BCUT2D eigenvalue weighted by Gasteiger charge is 2.11. The van der Waals surface area contributed by atoms with Gasteiger partial charge in [0.1, 0.15) is 5.52 Å². The standard InChI is InChI=1S/C16H13N3O/c1-20-16(12-11-13-7-3-2-4-8-13)19-15-10-6-5-9-14(15)17-18-19/h2-10,16H,1H3. The molecule has 0 bridgehead atoms. The van der Waals surface area contributed by atoms with Gasteiger partial charge >= 0.3 is 0 Å². The molecule has 0 aliphatic carbocycles. The predicted octanol–water partition coefficient (Wildman–Crippen LogP) is 2.63. The van der Waals surface area contributed by atoms with E-state index in [4.69, 9.17) is 4.74 Å². The molecule has 98 valence electrons. The topological polar surface area (TPSA) is 39.9 Å². The Morgan fingerprint density at radius 3 is 2.60 bits per heavy atom. The summed E-state index contributed by atoms with van der Waals surface area (Å²) in [5.74, 6) is 6.15. The van der Waals surface area contributed by atoms with E-state index >= 15 is 0 Å². The number of benzene rings is 2. The quantitative estimate of drug-likeness (QED) is 0.667. The molecule has 1 heterocycles. The van der Waals surface area contributed by atoms with E-state index in [1.807, 2.05) is 54.6 Å². The lowest BCUT2D eigenvalue weighted by Crippen LogP contribution is -2.10. The van der Waals surface area contributed by atoms with Crippen molar-refractivity contribution in [3.63, 3.8) is 0 Å². The minimum Gasteiger partial charge on any atom is -0.349 e. The maximum absolute atomic E-state index is 5.41. The molecule has 4 heteroatoms. The summed E-state index contributed by atoms with van der Waals surface area (Å²) >= 11 is 0. The van der Waals surface area contributed by atoms with E-state index in [1.165, 1.54) is 0 Å². The molecular weight excluding hydrogens is 250 g/mol. The highest BCUT2D eigenvalue weighted by molar-refractivity contribution is 5.74.